The molecule has 0 aromatic carbocycles. The summed E-state index contributed by atoms with van der Waals surface area (Å²) < 4.78 is 5.39. The summed E-state index contributed by atoms with van der Waals surface area (Å²) in [6, 6.07) is 0. The SMILES string of the molecule is C=C1CC(OC(C)=O)CC2(C)CCC(C(C)C(=O)O)CC12. The lowest BCUT2D eigenvalue weighted by Gasteiger charge is -2.51. The molecule has 2 rings (SSSR count). The molecule has 0 saturated heterocycles. The maximum absolute atomic E-state index is 11.2. The molecule has 1 N–H and O–H groups in total. The van der Waals surface area contributed by atoms with Crippen LogP contribution in [0.15, 0.2) is 12.2 Å². The molecule has 0 bridgehead atoms. The molecule has 0 spiro atoms. The van der Waals surface area contributed by atoms with Crippen molar-refractivity contribution in [1.82, 2.24) is 0 Å². The molecule has 5 atom stereocenters. The van der Waals surface area contributed by atoms with Crippen LogP contribution in [0.4, 0.5) is 0 Å². The lowest BCUT2D eigenvalue weighted by atomic mass is 9.55. The summed E-state index contributed by atoms with van der Waals surface area (Å²) in [4.78, 5) is 22.4. The summed E-state index contributed by atoms with van der Waals surface area (Å²) >= 11 is 0. The maximum Gasteiger partial charge on any atom is 0.306 e. The normalized spacial score (nSPS) is 37.5. The fraction of sp³-hybridized carbons (Fsp3) is 0.765. The van der Waals surface area contributed by atoms with Gasteiger partial charge >= 0.3 is 11.9 Å². The minimum absolute atomic E-state index is 0.0651. The quantitative estimate of drug-likeness (QED) is 0.640. The Morgan fingerprint density at radius 3 is 2.71 bits per heavy atom. The molecule has 0 aliphatic heterocycles. The van der Waals surface area contributed by atoms with Gasteiger partial charge in [0, 0.05) is 13.3 Å². The molecule has 0 amide bonds. The summed E-state index contributed by atoms with van der Waals surface area (Å²) in [6.45, 7) is 9.69. The van der Waals surface area contributed by atoms with Crippen molar-refractivity contribution in [2.24, 2.45) is 23.2 Å². The van der Waals surface area contributed by atoms with Gasteiger partial charge in [-0.3, -0.25) is 9.59 Å². The number of esters is 1. The highest BCUT2D eigenvalue weighted by Crippen LogP contribution is 2.54. The van der Waals surface area contributed by atoms with Crippen molar-refractivity contribution in [3.8, 4) is 0 Å². The number of aliphatic carboxylic acids is 1. The van der Waals surface area contributed by atoms with E-state index in [1.807, 2.05) is 6.92 Å². The zero-order chi connectivity index (χ0) is 15.8. The molecule has 0 radical (unpaired) electrons. The highest BCUT2D eigenvalue weighted by Gasteiger charge is 2.48. The lowest BCUT2D eigenvalue weighted by molar-refractivity contribution is -0.152. The predicted octanol–water partition coefficient (Wildman–Crippen LogP) is 3.41. The molecular weight excluding hydrogens is 268 g/mol. The third-order valence-corrected chi connectivity index (χ3v) is 5.57. The molecule has 2 saturated carbocycles. The summed E-state index contributed by atoms with van der Waals surface area (Å²) in [5.41, 5.74) is 1.21. The van der Waals surface area contributed by atoms with Crippen LogP contribution in [-0.2, 0) is 14.3 Å². The Balaban J connectivity index is 2.10. The minimum Gasteiger partial charge on any atom is -0.481 e. The van der Waals surface area contributed by atoms with Gasteiger partial charge in [-0.05, 0) is 42.9 Å². The van der Waals surface area contributed by atoms with Gasteiger partial charge < -0.3 is 9.84 Å². The molecule has 5 unspecified atom stereocenters. The molecule has 21 heavy (non-hydrogen) atoms. The highest BCUT2D eigenvalue weighted by molar-refractivity contribution is 5.69. The first-order valence-electron chi connectivity index (χ1n) is 7.80. The maximum atomic E-state index is 11.2. The number of hydrogen-bond acceptors (Lipinski definition) is 3. The van der Waals surface area contributed by atoms with Crippen LogP contribution in [0.5, 0.6) is 0 Å². The number of carboxylic acid groups (broad SMARTS) is 1. The molecule has 0 aromatic rings. The second-order valence-corrected chi connectivity index (χ2v) is 7.17. The molecular formula is C17H26O4. The average Bonchev–Trinajstić information content (AvgIpc) is 2.36. The number of rotatable bonds is 3. The van der Waals surface area contributed by atoms with Gasteiger partial charge in [-0.15, -0.1) is 0 Å². The summed E-state index contributed by atoms with van der Waals surface area (Å²) in [5.74, 6) is -0.660. The van der Waals surface area contributed by atoms with E-state index < -0.39 is 5.97 Å². The second-order valence-electron chi connectivity index (χ2n) is 7.17. The summed E-state index contributed by atoms with van der Waals surface area (Å²) in [6.07, 6.45) is 4.33. The van der Waals surface area contributed by atoms with Crippen molar-refractivity contribution in [3.63, 3.8) is 0 Å². The minimum atomic E-state index is -0.706. The average molecular weight is 294 g/mol. The van der Waals surface area contributed by atoms with Crippen molar-refractivity contribution < 1.29 is 19.4 Å². The van der Waals surface area contributed by atoms with Crippen LogP contribution < -0.4 is 0 Å². The van der Waals surface area contributed by atoms with Gasteiger partial charge in [-0.1, -0.05) is 26.0 Å². The zero-order valence-corrected chi connectivity index (χ0v) is 13.2. The fourth-order valence-corrected chi connectivity index (χ4v) is 4.30. The smallest absolute Gasteiger partial charge is 0.306 e. The number of ether oxygens (including phenoxy) is 1. The van der Waals surface area contributed by atoms with E-state index in [0.29, 0.717) is 12.3 Å². The summed E-state index contributed by atoms with van der Waals surface area (Å²) in [7, 11) is 0. The van der Waals surface area contributed by atoms with Gasteiger partial charge in [0.05, 0.1) is 5.92 Å². The Labute approximate surface area is 126 Å². The van der Waals surface area contributed by atoms with E-state index in [1.165, 1.54) is 6.92 Å². The van der Waals surface area contributed by atoms with Gasteiger partial charge in [0.2, 0.25) is 0 Å². The second kappa shape index (κ2) is 5.82. The molecule has 118 valence electrons. The van der Waals surface area contributed by atoms with Gasteiger partial charge in [0.15, 0.2) is 0 Å². The number of carbonyl (C=O) groups excluding carboxylic acids is 1. The van der Waals surface area contributed by atoms with E-state index in [0.717, 1.165) is 31.3 Å². The van der Waals surface area contributed by atoms with Crippen LogP contribution in [0, 0.1) is 23.2 Å². The Bertz CT molecular complexity index is 456. The van der Waals surface area contributed by atoms with Gasteiger partial charge in [0.25, 0.3) is 0 Å². The fourth-order valence-electron chi connectivity index (χ4n) is 4.30. The van der Waals surface area contributed by atoms with Gasteiger partial charge in [-0.25, -0.2) is 0 Å². The van der Waals surface area contributed by atoms with Gasteiger partial charge in [-0.2, -0.15) is 0 Å². The van der Waals surface area contributed by atoms with Crippen LogP contribution >= 0.6 is 0 Å². The number of carbonyl (C=O) groups is 2. The first-order valence-corrected chi connectivity index (χ1v) is 7.80. The molecule has 4 nitrogen and oxygen atoms in total. The van der Waals surface area contributed by atoms with E-state index in [9.17, 15) is 14.7 Å². The van der Waals surface area contributed by atoms with E-state index in [1.54, 1.807) is 0 Å². The van der Waals surface area contributed by atoms with E-state index >= 15 is 0 Å². The molecule has 2 aliphatic carbocycles. The Morgan fingerprint density at radius 2 is 2.14 bits per heavy atom. The first kappa shape index (κ1) is 16.1. The predicted molar refractivity (Wildman–Crippen MR) is 79.7 cm³/mol. The molecule has 4 heteroatoms. The van der Waals surface area contributed by atoms with Crippen LogP contribution in [-0.4, -0.2) is 23.1 Å². The van der Waals surface area contributed by atoms with E-state index in [4.69, 9.17) is 4.74 Å². The Hall–Kier alpha value is -1.32. The lowest BCUT2D eigenvalue weighted by Crippen LogP contribution is -2.44. The van der Waals surface area contributed by atoms with Crippen LogP contribution in [0.25, 0.3) is 0 Å². The molecule has 2 fully saturated rings. The van der Waals surface area contributed by atoms with Crippen molar-refractivity contribution in [1.29, 1.82) is 0 Å². The van der Waals surface area contributed by atoms with Crippen LogP contribution in [0.2, 0.25) is 0 Å². The topological polar surface area (TPSA) is 63.6 Å². The van der Waals surface area contributed by atoms with Crippen molar-refractivity contribution in [2.45, 2.75) is 59.0 Å². The van der Waals surface area contributed by atoms with Crippen LogP contribution in [0.1, 0.15) is 52.9 Å². The largest absolute Gasteiger partial charge is 0.481 e. The monoisotopic (exact) mass is 294 g/mol. The Kier molecular flexibility index (Phi) is 4.45. The molecule has 0 heterocycles. The third-order valence-electron chi connectivity index (χ3n) is 5.57. The van der Waals surface area contributed by atoms with Gasteiger partial charge in [0.1, 0.15) is 6.10 Å². The van der Waals surface area contributed by atoms with E-state index in [2.05, 4.69) is 13.5 Å². The Morgan fingerprint density at radius 1 is 1.48 bits per heavy atom. The van der Waals surface area contributed by atoms with Crippen LogP contribution in [0.3, 0.4) is 0 Å². The summed E-state index contributed by atoms with van der Waals surface area (Å²) in [5, 5.41) is 9.22. The molecule has 2 aliphatic rings. The van der Waals surface area contributed by atoms with Crippen molar-refractivity contribution in [3.05, 3.63) is 12.2 Å². The first-order chi connectivity index (χ1) is 9.73. The number of hydrogen-bond donors (Lipinski definition) is 1. The highest BCUT2D eigenvalue weighted by atomic mass is 16.5. The number of carboxylic acids is 1. The number of fused-ring (bicyclic) bond motifs is 1. The zero-order valence-electron chi connectivity index (χ0n) is 13.2. The van der Waals surface area contributed by atoms with E-state index in [-0.39, 0.29) is 29.3 Å². The standard InChI is InChI=1S/C17H26O4/c1-10-7-14(21-12(3)18)9-17(4)6-5-13(8-15(10)17)11(2)16(19)20/h11,13-15H,1,5-9H2,2-4H3,(H,19,20). The third kappa shape index (κ3) is 3.30. The van der Waals surface area contributed by atoms with Crippen molar-refractivity contribution in [2.75, 3.05) is 0 Å². The molecule has 0 aromatic heterocycles. The van der Waals surface area contributed by atoms with Crippen molar-refractivity contribution >= 4 is 11.9 Å².